The molecule has 0 amide bonds. The molecule has 1 rings (SSSR count). The molecule has 0 aliphatic rings. The van der Waals surface area contributed by atoms with E-state index in [1.807, 2.05) is 24.3 Å². The molecule has 0 fully saturated rings. The van der Waals surface area contributed by atoms with Gasteiger partial charge < -0.3 is 10.1 Å². The minimum atomic E-state index is -2.97. The van der Waals surface area contributed by atoms with Gasteiger partial charge in [-0.05, 0) is 6.07 Å². The summed E-state index contributed by atoms with van der Waals surface area (Å²) in [4.78, 5) is 0. The molecular weight excluding hydrogens is 250 g/mol. The molecule has 0 bridgehead atoms. The number of rotatable bonds is 7. The predicted molar refractivity (Wildman–Crippen MR) is 73.6 cm³/mol. The lowest BCUT2D eigenvalue weighted by molar-refractivity contribution is 0.336. The fourth-order valence-electron chi connectivity index (χ4n) is 1.41. The largest absolute Gasteiger partial charge is 0.492 e. The van der Waals surface area contributed by atoms with Crippen LogP contribution in [0.3, 0.4) is 0 Å². The van der Waals surface area contributed by atoms with Crippen molar-refractivity contribution in [2.75, 3.05) is 18.6 Å². The van der Waals surface area contributed by atoms with Crippen molar-refractivity contribution >= 4 is 9.84 Å². The maximum Gasteiger partial charge on any atom is 0.150 e. The smallest absolute Gasteiger partial charge is 0.150 e. The van der Waals surface area contributed by atoms with Crippen LogP contribution in [0.25, 0.3) is 0 Å². The maximum absolute atomic E-state index is 11.0. The Morgan fingerprint density at radius 1 is 1.28 bits per heavy atom. The van der Waals surface area contributed by atoms with Crippen molar-refractivity contribution in [1.82, 2.24) is 5.32 Å². The van der Waals surface area contributed by atoms with Crippen LogP contribution < -0.4 is 10.1 Å². The molecule has 4 nitrogen and oxygen atoms in total. The monoisotopic (exact) mass is 271 g/mol. The second-order valence-electron chi connectivity index (χ2n) is 4.62. The molecule has 0 aliphatic carbocycles. The lowest BCUT2D eigenvalue weighted by Crippen LogP contribution is -2.22. The number of ether oxygens (including phenoxy) is 1. The highest BCUT2D eigenvalue weighted by atomic mass is 32.2. The van der Waals surface area contributed by atoms with Crippen molar-refractivity contribution in [1.29, 1.82) is 0 Å². The van der Waals surface area contributed by atoms with Gasteiger partial charge in [0.1, 0.15) is 12.4 Å². The molecule has 5 heteroatoms. The van der Waals surface area contributed by atoms with Crippen molar-refractivity contribution in [2.45, 2.75) is 26.4 Å². The molecule has 1 N–H and O–H groups in total. The standard InChI is InChI=1S/C13H21NO3S/c1-11(2)14-10-12-6-4-5-7-13(12)17-8-9-18(3,15)16/h4-7,11,14H,8-10H2,1-3H3. The fraction of sp³-hybridized carbons (Fsp3) is 0.538. The normalized spacial score (nSPS) is 11.8. The highest BCUT2D eigenvalue weighted by Gasteiger charge is 2.06. The summed E-state index contributed by atoms with van der Waals surface area (Å²) >= 11 is 0. The van der Waals surface area contributed by atoms with E-state index in [1.54, 1.807) is 0 Å². The van der Waals surface area contributed by atoms with Gasteiger partial charge in [0.15, 0.2) is 9.84 Å². The van der Waals surface area contributed by atoms with E-state index in [1.165, 1.54) is 6.26 Å². The average Bonchev–Trinajstić information content (AvgIpc) is 2.26. The Hall–Kier alpha value is -1.07. The van der Waals surface area contributed by atoms with Gasteiger partial charge in [-0.25, -0.2) is 8.42 Å². The summed E-state index contributed by atoms with van der Waals surface area (Å²) in [7, 11) is -2.97. The summed E-state index contributed by atoms with van der Waals surface area (Å²) in [6.45, 7) is 5.06. The molecule has 0 heterocycles. The average molecular weight is 271 g/mol. The molecule has 1 aromatic rings. The van der Waals surface area contributed by atoms with Gasteiger partial charge in [0.25, 0.3) is 0 Å². The summed E-state index contributed by atoms with van der Waals surface area (Å²) in [5, 5.41) is 3.31. The lowest BCUT2D eigenvalue weighted by Gasteiger charge is -2.13. The fourth-order valence-corrected chi connectivity index (χ4v) is 1.79. The lowest BCUT2D eigenvalue weighted by atomic mass is 10.2. The van der Waals surface area contributed by atoms with E-state index in [0.29, 0.717) is 12.6 Å². The van der Waals surface area contributed by atoms with Crippen LogP contribution in [-0.4, -0.2) is 33.1 Å². The van der Waals surface area contributed by atoms with Gasteiger partial charge in [0.2, 0.25) is 0 Å². The number of hydrogen-bond donors (Lipinski definition) is 1. The molecule has 0 atom stereocenters. The summed E-state index contributed by atoms with van der Waals surface area (Å²) in [6.07, 6.45) is 1.21. The van der Waals surface area contributed by atoms with E-state index in [0.717, 1.165) is 11.3 Å². The Bertz CT molecular complexity index is 469. The number of para-hydroxylation sites is 1. The number of nitrogens with one attached hydrogen (secondary N) is 1. The van der Waals surface area contributed by atoms with Crippen molar-refractivity contribution in [3.63, 3.8) is 0 Å². The number of benzene rings is 1. The van der Waals surface area contributed by atoms with Crippen LogP contribution in [-0.2, 0) is 16.4 Å². The van der Waals surface area contributed by atoms with Gasteiger partial charge in [-0.3, -0.25) is 0 Å². The van der Waals surface area contributed by atoms with Crippen LogP contribution >= 0.6 is 0 Å². The van der Waals surface area contributed by atoms with Crippen molar-refractivity contribution in [3.8, 4) is 5.75 Å². The van der Waals surface area contributed by atoms with Gasteiger partial charge in [0.05, 0.1) is 5.75 Å². The van der Waals surface area contributed by atoms with Crippen LogP contribution in [0.2, 0.25) is 0 Å². The summed E-state index contributed by atoms with van der Waals surface area (Å²) in [5.74, 6) is 0.785. The molecule has 0 spiro atoms. The highest BCUT2D eigenvalue weighted by molar-refractivity contribution is 7.90. The Balaban J connectivity index is 2.59. The first-order chi connectivity index (χ1) is 8.38. The molecule has 0 saturated carbocycles. The topological polar surface area (TPSA) is 55.4 Å². The van der Waals surface area contributed by atoms with Crippen LogP contribution in [0, 0.1) is 0 Å². The first-order valence-electron chi connectivity index (χ1n) is 6.00. The molecule has 18 heavy (non-hydrogen) atoms. The van der Waals surface area contributed by atoms with E-state index in [2.05, 4.69) is 19.2 Å². The van der Waals surface area contributed by atoms with Gasteiger partial charge in [0, 0.05) is 24.4 Å². The predicted octanol–water partition coefficient (Wildman–Crippen LogP) is 1.61. The molecule has 0 aromatic heterocycles. The third-order valence-electron chi connectivity index (χ3n) is 2.39. The summed E-state index contributed by atoms with van der Waals surface area (Å²) in [6, 6.07) is 8.06. The second kappa shape index (κ2) is 6.75. The minimum Gasteiger partial charge on any atom is -0.492 e. The molecular formula is C13H21NO3S. The Morgan fingerprint density at radius 2 is 1.94 bits per heavy atom. The molecule has 0 aliphatic heterocycles. The third-order valence-corrected chi connectivity index (χ3v) is 3.29. The van der Waals surface area contributed by atoms with Crippen LogP contribution in [0.15, 0.2) is 24.3 Å². The van der Waals surface area contributed by atoms with Crippen LogP contribution in [0.5, 0.6) is 5.75 Å². The van der Waals surface area contributed by atoms with Crippen molar-refractivity contribution < 1.29 is 13.2 Å². The highest BCUT2D eigenvalue weighted by Crippen LogP contribution is 2.17. The quantitative estimate of drug-likeness (QED) is 0.818. The molecule has 0 saturated heterocycles. The maximum atomic E-state index is 11.0. The minimum absolute atomic E-state index is 0.0406. The molecule has 102 valence electrons. The Morgan fingerprint density at radius 3 is 2.56 bits per heavy atom. The van der Waals surface area contributed by atoms with Crippen LogP contribution in [0.4, 0.5) is 0 Å². The number of hydrogen-bond acceptors (Lipinski definition) is 4. The number of sulfone groups is 1. The SMILES string of the molecule is CC(C)NCc1ccccc1OCCS(C)(=O)=O. The molecule has 0 radical (unpaired) electrons. The molecule has 1 aromatic carbocycles. The first-order valence-corrected chi connectivity index (χ1v) is 8.06. The van der Waals surface area contributed by atoms with Crippen molar-refractivity contribution in [2.24, 2.45) is 0 Å². The van der Waals surface area contributed by atoms with E-state index in [9.17, 15) is 8.42 Å². The third kappa shape index (κ3) is 6.02. The Kier molecular flexibility index (Phi) is 5.62. The molecule has 0 unspecified atom stereocenters. The zero-order chi connectivity index (χ0) is 13.6. The van der Waals surface area contributed by atoms with Gasteiger partial charge in [-0.2, -0.15) is 0 Å². The van der Waals surface area contributed by atoms with E-state index < -0.39 is 9.84 Å². The zero-order valence-electron chi connectivity index (χ0n) is 11.1. The van der Waals surface area contributed by atoms with E-state index >= 15 is 0 Å². The van der Waals surface area contributed by atoms with Crippen molar-refractivity contribution in [3.05, 3.63) is 29.8 Å². The Labute approximate surface area is 109 Å². The van der Waals surface area contributed by atoms with Gasteiger partial charge in [-0.1, -0.05) is 32.0 Å². The second-order valence-corrected chi connectivity index (χ2v) is 6.88. The van der Waals surface area contributed by atoms with E-state index in [4.69, 9.17) is 4.74 Å². The summed E-state index contributed by atoms with van der Waals surface area (Å²) in [5.41, 5.74) is 1.04. The van der Waals surface area contributed by atoms with Crippen LogP contribution in [0.1, 0.15) is 19.4 Å². The van der Waals surface area contributed by atoms with E-state index in [-0.39, 0.29) is 12.4 Å². The first kappa shape index (κ1) is 15.0. The summed E-state index contributed by atoms with van der Waals surface area (Å²) < 4.78 is 27.6. The van der Waals surface area contributed by atoms with Gasteiger partial charge >= 0.3 is 0 Å². The van der Waals surface area contributed by atoms with Gasteiger partial charge in [-0.15, -0.1) is 0 Å². The zero-order valence-corrected chi connectivity index (χ0v) is 12.0.